The normalized spacial score (nSPS) is 9.92. The van der Waals surface area contributed by atoms with Gasteiger partial charge in [0.1, 0.15) is 6.42 Å². The van der Waals surface area contributed by atoms with Crippen molar-refractivity contribution in [3.8, 4) is 6.07 Å². The summed E-state index contributed by atoms with van der Waals surface area (Å²) in [6.45, 7) is 0. The van der Waals surface area contributed by atoms with Crippen LogP contribution in [-0.4, -0.2) is 11.8 Å². The maximum atomic E-state index is 13.6. The van der Waals surface area contributed by atoms with Crippen molar-refractivity contribution in [2.45, 2.75) is 6.42 Å². The number of hydrogen-bond donors (Lipinski definition) is 2. The Bertz CT molecular complexity index is 847. The summed E-state index contributed by atoms with van der Waals surface area (Å²) in [7, 11) is 0. The Balaban J connectivity index is 2.26. The predicted molar refractivity (Wildman–Crippen MR) is 79.6 cm³/mol. The van der Waals surface area contributed by atoms with Gasteiger partial charge in [-0.25, -0.2) is 13.2 Å². The number of halogens is 3. The molecule has 2 aromatic carbocycles. The van der Waals surface area contributed by atoms with Crippen LogP contribution in [0.25, 0.3) is 0 Å². The first kappa shape index (κ1) is 17.0. The van der Waals surface area contributed by atoms with Gasteiger partial charge in [-0.2, -0.15) is 5.26 Å². The number of carbonyl (C=O) groups is 2. The fraction of sp³-hybridized carbons (Fsp3) is 0.0625. The van der Waals surface area contributed by atoms with Crippen LogP contribution in [0.2, 0.25) is 0 Å². The summed E-state index contributed by atoms with van der Waals surface area (Å²) in [6.07, 6.45) is -0.389. The molecule has 0 aliphatic carbocycles. The first-order valence-corrected chi connectivity index (χ1v) is 6.64. The van der Waals surface area contributed by atoms with Gasteiger partial charge >= 0.3 is 0 Å². The Morgan fingerprint density at radius 1 is 0.958 bits per heavy atom. The largest absolute Gasteiger partial charge is 0.323 e. The van der Waals surface area contributed by atoms with Crippen molar-refractivity contribution < 1.29 is 22.8 Å². The van der Waals surface area contributed by atoms with E-state index in [0.717, 1.165) is 6.07 Å². The number of carbonyl (C=O) groups excluding carboxylic acids is 2. The number of nitriles is 1. The van der Waals surface area contributed by atoms with Gasteiger partial charge in [0, 0.05) is 0 Å². The van der Waals surface area contributed by atoms with Gasteiger partial charge in [0.05, 0.1) is 23.0 Å². The van der Waals surface area contributed by atoms with Crippen LogP contribution in [0.5, 0.6) is 0 Å². The molecular weight excluding hydrogens is 323 g/mol. The van der Waals surface area contributed by atoms with Crippen LogP contribution in [0.3, 0.4) is 0 Å². The summed E-state index contributed by atoms with van der Waals surface area (Å²) >= 11 is 0. The Kier molecular flexibility index (Phi) is 5.16. The number of amides is 2. The van der Waals surface area contributed by atoms with Gasteiger partial charge in [-0.15, -0.1) is 0 Å². The summed E-state index contributed by atoms with van der Waals surface area (Å²) in [5.74, 6) is -6.39. The highest BCUT2D eigenvalue weighted by Crippen LogP contribution is 2.23. The third-order valence-corrected chi connectivity index (χ3v) is 2.97. The molecule has 0 radical (unpaired) electrons. The molecular formula is C16H10F3N3O2. The lowest BCUT2D eigenvalue weighted by Crippen LogP contribution is -2.18. The predicted octanol–water partition coefficient (Wildman–Crippen LogP) is 3.21. The van der Waals surface area contributed by atoms with Crippen LogP contribution in [0.1, 0.15) is 16.8 Å². The van der Waals surface area contributed by atoms with E-state index in [9.17, 15) is 22.8 Å². The molecule has 0 saturated carbocycles. The van der Waals surface area contributed by atoms with Gasteiger partial charge in [-0.3, -0.25) is 9.59 Å². The third kappa shape index (κ3) is 3.70. The molecule has 122 valence electrons. The number of anilines is 2. The lowest BCUT2D eigenvalue weighted by atomic mass is 10.1. The summed E-state index contributed by atoms with van der Waals surface area (Å²) < 4.78 is 39.8. The minimum Gasteiger partial charge on any atom is -0.323 e. The molecule has 0 aliphatic heterocycles. The van der Waals surface area contributed by atoms with Crippen LogP contribution in [0.15, 0.2) is 36.4 Å². The minimum atomic E-state index is -1.75. The zero-order valence-electron chi connectivity index (χ0n) is 12.1. The molecule has 8 heteroatoms. The van der Waals surface area contributed by atoms with E-state index in [0.29, 0.717) is 6.07 Å². The molecule has 24 heavy (non-hydrogen) atoms. The van der Waals surface area contributed by atoms with Crippen LogP contribution in [-0.2, 0) is 4.79 Å². The molecule has 0 aromatic heterocycles. The van der Waals surface area contributed by atoms with E-state index in [1.165, 1.54) is 18.2 Å². The number of hydrogen-bond acceptors (Lipinski definition) is 3. The molecule has 2 amide bonds. The standard InChI is InChI=1S/C16H10F3N3O2/c17-10-6-5-9(14(18)15(10)19)16(24)22-12-4-2-1-3-11(12)21-13(23)7-8-20/h1-6H,7H2,(H,21,23)(H,22,24). The van der Waals surface area contributed by atoms with E-state index in [4.69, 9.17) is 5.26 Å². The third-order valence-electron chi connectivity index (χ3n) is 2.97. The number of rotatable bonds is 4. The first-order chi connectivity index (χ1) is 11.4. The topological polar surface area (TPSA) is 82.0 Å². The molecule has 0 bridgehead atoms. The molecule has 0 unspecified atom stereocenters. The molecule has 2 N–H and O–H groups in total. The van der Waals surface area contributed by atoms with E-state index in [1.807, 2.05) is 0 Å². The molecule has 0 atom stereocenters. The Morgan fingerprint density at radius 3 is 2.21 bits per heavy atom. The fourth-order valence-corrected chi connectivity index (χ4v) is 1.86. The van der Waals surface area contributed by atoms with E-state index in [2.05, 4.69) is 10.6 Å². The Hall–Kier alpha value is -3.34. The van der Waals surface area contributed by atoms with E-state index in [-0.39, 0.29) is 17.8 Å². The van der Waals surface area contributed by atoms with Crippen LogP contribution >= 0.6 is 0 Å². The van der Waals surface area contributed by atoms with Crippen molar-refractivity contribution in [3.05, 3.63) is 59.4 Å². The molecule has 0 saturated heterocycles. The van der Waals surface area contributed by atoms with Crippen LogP contribution in [0.4, 0.5) is 24.5 Å². The fourth-order valence-electron chi connectivity index (χ4n) is 1.86. The number of para-hydroxylation sites is 2. The van der Waals surface area contributed by atoms with Gasteiger partial charge in [-0.05, 0) is 24.3 Å². The minimum absolute atomic E-state index is 0.109. The second-order valence-corrected chi connectivity index (χ2v) is 4.61. The van der Waals surface area contributed by atoms with Crippen LogP contribution in [0, 0.1) is 28.8 Å². The number of nitrogens with zero attached hydrogens (tertiary/aromatic N) is 1. The maximum absolute atomic E-state index is 13.6. The molecule has 2 aromatic rings. The Labute approximate surface area is 134 Å². The van der Waals surface area contributed by atoms with E-state index >= 15 is 0 Å². The first-order valence-electron chi connectivity index (χ1n) is 6.64. The Morgan fingerprint density at radius 2 is 1.58 bits per heavy atom. The van der Waals surface area contributed by atoms with Crippen molar-refractivity contribution in [2.24, 2.45) is 0 Å². The van der Waals surface area contributed by atoms with Crippen LogP contribution < -0.4 is 10.6 Å². The molecule has 0 aliphatic rings. The quantitative estimate of drug-likeness (QED) is 0.843. The molecule has 0 fully saturated rings. The number of benzene rings is 2. The highest BCUT2D eigenvalue weighted by Gasteiger charge is 2.19. The average Bonchev–Trinajstić information content (AvgIpc) is 2.54. The zero-order valence-corrected chi connectivity index (χ0v) is 12.1. The van der Waals surface area contributed by atoms with Gasteiger partial charge in [0.15, 0.2) is 17.5 Å². The smallest absolute Gasteiger partial charge is 0.258 e. The zero-order chi connectivity index (χ0) is 17.7. The van der Waals surface area contributed by atoms with Crippen molar-refractivity contribution in [2.75, 3.05) is 10.6 Å². The van der Waals surface area contributed by atoms with E-state index < -0.39 is 34.8 Å². The SMILES string of the molecule is N#CCC(=O)Nc1ccccc1NC(=O)c1ccc(F)c(F)c1F. The lowest BCUT2D eigenvalue weighted by Gasteiger charge is -2.12. The van der Waals surface area contributed by atoms with Gasteiger partial charge in [0.2, 0.25) is 5.91 Å². The molecule has 2 rings (SSSR count). The second-order valence-electron chi connectivity index (χ2n) is 4.61. The van der Waals surface area contributed by atoms with Gasteiger partial charge < -0.3 is 10.6 Å². The van der Waals surface area contributed by atoms with Crippen molar-refractivity contribution >= 4 is 23.2 Å². The van der Waals surface area contributed by atoms with Crippen molar-refractivity contribution in [1.29, 1.82) is 5.26 Å². The molecule has 5 nitrogen and oxygen atoms in total. The van der Waals surface area contributed by atoms with Gasteiger partial charge in [0.25, 0.3) is 5.91 Å². The second kappa shape index (κ2) is 7.28. The summed E-state index contributed by atoms with van der Waals surface area (Å²) in [5.41, 5.74) is -0.404. The summed E-state index contributed by atoms with van der Waals surface area (Å²) in [6, 6.07) is 9.07. The molecule has 0 spiro atoms. The highest BCUT2D eigenvalue weighted by molar-refractivity contribution is 6.07. The lowest BCUT2D eigenvalue weighted by molar-refractivity contribution is -0.115. The maximum Gasteiger partial charge on any atom is 0.258 e. The van der Waals surface area contributed by atoms with Gasteiger partial charge in [-0.1, -0.05) is 12.1 Å². The molecule has 0 heterocycles. The monoisotopic (exact) mass is 333 g/mol. The summed E-state index contributed by atoms with van der Waals surface area (Å²) in [4.78, 5) is 23.5. The van der Waals surface area contributed by atoms with Crippen molar-refractivity contribution in [3.63, 3.8) is 0 Å². The summed E-state index contributed by atoms with van der Waals surface area (Å²) in [5, 5.41) is 13.2. The van der Waals surface area contributed by atoms with Crippen molar-refractivity contribution in [1.82, 2.24) is 0 Å². The number of nitrogens with one attached hydrogen (secondary N) is 2. The average molecular weight is 333 g/mol. The van der Waals surface area contributed by atoms with E-state index in [1.54, 1.807) is 12.1 Å². The highest BCUT2D eigenvalue weighted by atomic mass is 19.2.